The largest absolute Gasteiger partial charge is 0.486 e. The Morgan fingerprint density at radius 1 is 0.941 bits per heavy atom. The van der Waals surface area contributed by atoms with Crippen molar-refractivity contribution in [3.8, 4) is 11.5 Å². The number of rotatable bonds is 1. The molecule has 0 atom stereocenters. The third-order valence-electron chi connectivity index (χ3n) is 3.40. The van der Waals surface area contributed by atoms with Gasteiger partial charge in [-0.05, 0) is 17.7 Å². The SMILES string of the molecule is OC1(c2ccc3c(c2)OCCO3)CCOCC1. The molecule has 1 aromatic rings. The molecule has 0 saturated carbocycles. The summed E-state index contributed by atoms with van der Waals surface area (Å²) in [6.45, 7) is 2.36. The van der Waals surface area contributed by atoms with Gasteiger partial charge in [-0.3, -0.25) is 0 Å². The van der Waals surface area contributed by atoms with Crippen LogP contribution < -0.4 is 9.47 Å². The van der Waals surface area contributed by atoms with E-state index in [2.05, 4.69) is 0 Å². The highest BCUT2D eigenvalue weighted by molar-refractivity contribution is 5.45. The molecule has 17 heavy (non-hydrogen) atoms. The van der Waals surface area contributed by atoms with Crippen LogP contribution in [0.5, 0.6) is 11.5 Å². The lowest BCUT2D eigenvalue weighted by atomic mass is 9.86. The maximum Gasteiger partial charge on any atom is 0.161 e. The Hall–Kier alpha value is -1.26. The molecule has 2 aliphatic rings. The van der Waals surface area contributed by atoms with Crippen LogP contribution >= 0.6 is 0 Å². The summed E-state index contributed by atoms with van der Waals surface area (Å²) in [6, 6.07) is 5.68. The zero-order chi connectivity index (χ0) is 11.7. The van der Waals surface area contributed by atoms with Crippen molar-refractivity contribution in [3.63, 3.8) is 0 Å². The van der Waals surface area contributed by atoms with Gasteiger partial charge in [0.2, 0.25) is 0 Å². The van der Waals surface area contributed by atoms with E-state index in [4.69, 9.17) is 14.2 Å². The van der Waals surface area contributed by atoms with Gasteiger partial charge in [-0.1, -0.05) is 6.07 Å². The second-order valence-electron chi connectivity index (χ2n) is 4.50. The molecular formula is C13H16O4. The molecule has 1 saturated heterocycles. The first kappa shape index (κ1) is 10.9. The fraction of sp³-hybridized carbons (Fsp3) is 0.538. The van der Waals surface area contributed by atoms with E-state index in [-0.39, 0.29) is 0 Å². The van der Waals surface area contributed by atoms with E-state index in [1.165, 1.54) is 0 Å². The normalized spacial score (nSPS) is 22.2. The molecule has 0 unspecified atom stereocenters. The molecule has 1 fully saturated rings. The molecule has 92 valence electrons. The molecule has 1 aromatic carbocycles. The van der Waals surface area contributed by atoms with Crippen LogP contribution in [-0.2, 0) is 10.3 Å². The Morgan fingerprint density at radius 3 is 2.41 bits per heavy atom. The van der Waals surface area contributed by atoms with Crippen molar-refractivity contribution in [1.29, 1.82) is 0 Å². The van der Waals surface area contributed by atoms with Gasteiger partial charge in [-0.15, -0.1) is 0 Å². The molecule has 4 heteroatoms. The summed E-state index contributed by atoms with van der Waals surface area (Å²) < 4.78 is 16.3. The number of ether oxygens (including phenoxy) is 3. The Balaban J connectivity index is 1.92. The highest BCUT2D eigenvalue weighted by atomic mass is 16.6. The Bertz CT molecular complexity index is 410. The maximum absolute atomic E-state index is 10.6. The smallest absolute Gasteiger partial charge is 0.161 e. The lowest BCUT2D eigenvalue weighted by Gasteiger charge is -2.33. The summed E-state index contributed by atoms with van der Waals surface area (Å²) in [5, 5.41) is 10.6. The van der Waals surface area contributed by atoms with Gasteiger partial charge in [-0.2, -0.15) is 0 Å². The molecule has 1 N–H and O–H groups in total. The van der Waals surface area contributed by atoms with E-state index >= 15 is 0 Å². The fourth-order valence-corrected chi connectivity index (χ4v) is 2.33. The van der Waals surface area contributed by atoms with Gasteiger partial charge in [0.15, 0.2) is 11.5 Å². The first-order valence-corrected chi connectivity index (χ1v) is 5.98. The average Bonchev–Trinajstić information content (AvgIpc) is 2.39. The molecular weight excluding hydrogens is 220 g/mol. The summed E-state index contributed by atoms with van der Waals surface area (Å²) >= 11 is 0. The van der Waals surface area contributed by atoms with Gasteiger partial charge in [0.25, 0.3) is 0 Å². The molecule has 0 aromatic heterocycles. The first-order valence-electron chi connectivity index (χ1n) is 5.98. The van der Waals surface area contributed by atoms with Gasteiger partial charge in [0.05, 0.1) is 5.60 Å². The number of hydrogen-bond acceptors (Lipinski definition) is 4. The summed E-state index contributed by atoms with van der Waals surface area (Å²) in [5.74, 6) is 1.49. The minimum atomic E-state index is -0.784. The van der Waals surface area contributed by atoms with Gasteiger partial charge < -0.3 is 19.3 Å². The topological polar surface area (TPSA) is 47.9 Å². The number of benzene rings is 1. The molecule has 2 aliphatic heterocycles. The number of fused-ring (bicyclic) bond motifs is 1. The van der Waals surface area contributed by atoms with E-state index in [1.54, 1.807) is 0 Å². The fourth-order valence-electron chi connectivity index (χ4n) is 2.33. The third kappa shape index (κ3) is 1.98. The molecule has 0 bridgehead atoms. The lowest BCUT2D eigenvalue weighted by molar-refractivity contribution is -0.0680. The van der Waals surface area contributed by atoms with Crippen LogP contribution in [0.1, 0.15) is 18.4 Å². The molecule has 0 radical (unpaired) electrons. The molecule has 0 aliphatic carbocycles. The quantitative estimate of drug-likeness (QED) is 0.802. The van der Waals surface area contributed by atoms with E-state index in [0.29, 0.717) is 39.3 Å². The summed E-state index contributed by atoms with van der Waals surface area (Å²) in [7, 11) is 0. The highest BCUT2D eigenvalue weighted by Crippen LogP contribution is 2.38. The summed E-state index contributed by atoms with van der Waals surface area (Å²) in [6.07, 6.45) is 1.26. The minimum absolute atomic E-state index is 0.567. The average molecular weight is 236 g/mol. The highest BCUT2D eigenvalue weighted by Gasteiger charge is 2.32. The second kappa shape index (κ2) is 4.20. The monoisotopic (exact) mass is 236 g/mol. The van der Waals surface area contributed by atoms with Crippen molar-refractivity contribution < 1.29 is 19.3 Å². The molecule has 0 spiro atoms. The van der Waals surface area contributed by atoms with Crippen LogP contribution in [0.25, 0.3) is 0 Å². The zero-order valence-electron chi connectivity index (χ0n) is 9.65. The predicted molar refractivity (Wildman–Crippen MR) is 61.4 cm³/mol. The molecule has 0 amide bonds. The second-order valence-corrected chi connectivity index (χ2v) is 4.50. The van der Waals surface area contributed by atoms with E-state index < -0.39 is 5.60 Å². The Morgan fingerprint density at radius 2 is 1.65 bits per heavy atom. The van der Waals surface area contributed by atoms with Gasteiger partial charge in [-0.25, -0.2) is 0 Å². The first-order chi connectivity index (χ1) is 8.28. The van der Waals surface area contributed by atoms with Gasteiger partial charge in [0, 0.05) is 26.1 Å². The molecule has 2 heterocycles. The van der Waals surface area contributed by atoms with Crippen LogP contribution in [0.15, 0.2) is 18.2 Å². The zero-order valence-corrected chi connectivity index (χ0v) is 9.65. The van der Waals surface area contributed by atoms with E-state index in [9.17, 15) is 5.11 Å². The van der Waals surface area contributed by atoms with E-state index in [1.807, 2.05) is 18.2 Å². The predicted octanol–water partition coefficient (Wildman–Crippen LogP) is 1.46. The standard InChI is InChI=1S/C13H16O4/c14-13(3-5-15-6-4-13)10-1-2-11-12(9-10)17-8-7-16-11/h1-2,9,14H,3-8H2. The van der Waals surface area contributed by atoms with Crippen molar-refractivity contribution in [3.05, 3.63) is 23.8 Å². The van der Waals surface area contributed by atoms with Crippen molar-refractivity contribution in [1.82, 2.24) is 0 Å². The number of hydrogen-bond donors (Lipinski definition) is 1. The van der Waals surface area contributed by atoms with Crippen LogP contribution in [0.4, 0.5) is 0 Å². The van der Waals surface area contributed by atoms with Crippen molar-refractivity contribution in [2.45, 2.75) is 18.4 Å². The van der Waals surface area contributed by atoms with E-state index in [0.717, 1.165) is 17.1 Å². The Kier molecular flexibility index (Phi) is 2.68. The molecule has 4 nitrogen and oxygen atoms in total. The van der Waals surface area contributed by atoms with Crippen LogP contribution in [0.2, 0.25) is 0 Å². The lowest BCUT2D eigenvalue weighted by Crippen LogP contribution is -2.33. The van der Waals surface area contributed by atoms with Crippen molar-refractivity contribution >= 4 is 0 Å². The van der Waals surface area contributed by atoms with Gasteiger partial charge >= 0.3 is 0 Å². The molecule has 3 rings (SSSR count). The van der Waals surface area contributed by atoms with Gasteiger partial charge in [0.1, 0.15) is 13.2 Å². The summed E-state index contributed by atoms with van der Waals surface area (Å²) in [4.78, 5) is 0. The van der Waals surface area contributed by atoms with Crippen molar-refractivity contribution in [2.75, 3.05) is 26.4 Å². The third-order valence-corrected chi connectivity index (χ3v) is 3.40. The van der Waals surface area contributed by atoms with Crippen LogP contribution in [-0.4, -0.2) is 31.5 Å². The van der Waals surface area contributed by atoms with Crippen molar-refractivity contribution in [2.24, 2.45) is 0 Å². The van der Waals surface area contributed by atoms with Crippen LogP contribution in [0, 0.1) is 0 Å². The maximum atomic E-state index is 10.6. The summed E-state index contributed by atoms with van der Waals surface area (Å²) in [5.41, 5.74) is 0.110. The number of aliphatic hydroxyl groups is 1. The van der Waals surface area contributed by atoms with Crippen LogP contribution in [0.3, 0.4) is 0 Å². The minimum Gasteiger partial charge on any atom is -0.486 e. The Labute approximate surface area is 100 Å².